The Morgan fingerprint density at radius 1 is 1.27 bits per heavy atom. The van der Waals surface area contributed by atoms with Gasteiger partial charge in [0, 0.05) is 11.6 Å². The second-order valence-corrected chi connectivity index (χ2v) is 7.54. The molecule has 150 valence electrons. The number of benzene rings is 2. The molecule has 5 rings (SSSR count). The molecule has 0 unspecified atom stereocenters. The molecular weight excluding hydrogens is 407 g/mol. The zero-order chi connectivity index (χ0) is 20.7. The van der Waals surface area contributed by atoms with E-state index in [2.05, 4.69) is 27.1 Å². The predicted molar refractivity (Wildman–Crippen MR) is 113 cm³/mol. The summed E-state index contributed by atoms with van der Waals surface area (Å²) in [6, 6.07) is 7.93. The summed E-state index contributed by atoms with van der Waals surface area (Å²) in [5, 5.41) is 3.77. The van der Waals surface area contributed by atoms with Crippen molar-refractivity contribution in [2.45, 2.75) is 12.8 Å². The summed E-state index contributed by atoms with van der Waals surface area (Å²) >= 11 is 5.89. The van der Waals surface area contributed by atoms with Crippen molar-refractivity contribution in [1.29, 1.82) is 0 Å². The molecule has 0 bridgehead atoms. The van der Waals surface area contributed by atoms with Crippen molar-refractivity contribution in [3.8, 4) is 17.6 Å². The first-order valence-electron chi connectivity index (χ1n) is 9.56. The number of ether oxygens (including phenoxy) is 1. The van der Waals surface area contributed by atoms with Crippen molar-refractivity contribution in [2.75, 3.05) is 23.4 Å². The SMILES string of the molecule is O=C(C#CC1CC1)N1CCOc2c1ccc1ncnc(Nc3ccc(F)c(Cl)c3)c21. The Morgan fingerprint density at radius 2 is 2.13 bits per heavy atom. The Kier molecular flexibility index (Phi) is 4.64. The minimum atomic E-state index is -0.503. The van der Waals surface area contributed by atoms with Crippen LogP contribution in [0.3, 0.4) is 0 Å². The molecule has 0 atom stereocenters. The molecule has 1 aliphatic heterocycles. The number of carbonyl (C=O) groups excluding carboxylic acids is 1. The van der Waals surface area contributed by atoms with E-state index in [0.717, 1.165) is 12.8 Å². The van der Waals surface area contributed by atoms with Crippen LogP contribution in [0.1, 0.15) is 12.8 Å². The van der Waals surface area contributed by atoms with Gasteiger partial charge in [-0.05, 0) is 49.1 Å². The zero-order valence-corrected chi connectivity index (χ0v) is 16.5. The third kappa shape index (κ3) is 3.51. The molecule has 0 spiro atoms. The number of aromatic nitrogens is 2. The van der Waals surface area contributed by atoms with Gasteiger partial charge < -0.3 is 10.1 Å². The number of hydrogen-bond donors (Lipinski definition) is 1. The Hall–Kier alpha value is -3.37. The van der Waals surface area contributed by atoms with Crippen molar-refractivity contribution in [3.05, 3.63) is 47.5 Å². The van der Waals surface area contributed by atoms with E-state index in [-0.39, 0.29) is 10.9 Å². The lowest BCUT2D eigenvalue weighted by molar-refractivity contribution is -0.113. The molecule has 1 saturated carbocycles. The van der Waals surface area contributed by atoms with Gasteiger partial charge in [-0.25, -0.2) is 14.4 Å². The van der Waals surface area contributed by atoms with Gasteiger partial charge in [-0.3, -0.25) is 9.69 Å². The summed E-state index contributed by atoms with van der Waals surface area (Å²) in [5.41, 5.74) is 1.84. The van der Waals surface area contributed by atoms with Crippen molar-refractivity contribution in [3.63, 3.8) is 0 Å². The van der Waals surface area contributed by atoms with Crippen LogP contribution in [0.4, 0.5) is 21.6 Å². The summed E-state index contributed by atoms with van der Waals surface area (Å²) in [5.74, 6) is 6.34. The predicted octanol–water partition coefficient (Wildman–Crippen LogP) is 4.30. The Morgan fingerprint density at radius 3 is 2.93 bits per heavy atom. The number of fused-ring (bicyclic) bond motifs is 3. The molecular formula is C22H16ClFN4O2. The van der Waals surface area contributed by atoms with E-state index in [9.17, 15) is 9.18 Å². The molecule has 1 aliphatic carbocycles. The fourth-order valence-electron chi connectivity index (χ4n) is 3.30. The first-order chi connectivity index (χ1) is 14.6. The number of hydrogen-bond acceptors (Lipinski definition) is 5. The number of anilines is 3. The molecule has 2 heterocycles. The van der Waals surface area contributed by atoms with Gasteiger partial charge in [-0.1, -0.05) is 17.5 Å². The van der Waals surface area contributed by atoms with E-state index >= 15 is 0 Å². The highest BCUT2D eigenvalue weighted by Gasteiger charge is 2.27. The van der Waals surface area contributed by atoms with Crippen LogP contribution in [-0.2, 0) is 4.79 Å². The second kappa shape index (κ2) is 7.47. The largest absolute Gasteiger partial charge is 0.489 e. The number of nitrogens with one attached hydrogen (secondary N) is 1. The Labute approximate surface area is 177 Å². The molecule has 8 heteroatoms. The molecule has 30 heavy (non-hydrogen) atoms. The third-order valence-corrected chi connectivity index (χ3v) is 5.27. The smallest absolute Gasteiger partial charge is 0.303 e. The number of amides is 1. The number of rotatable bonds is 2. The maximum Gasteiger partial charge on any atom is 0.303 e. The van der Waals surface area contributed by atoms with Gasteiger partial charge >= 0.3 is 5.91 Å². The molecule has 1 fully saturated rings. The fraction of sp³-hybridized carbons (Fsp3) is 0.227. The van der Waals surface area contributed by atoms with Crippen LogP contribution >= 0.6 is 11.6 Å². The van der Waals surface area contributed by atoms with Crippen molar-refractivity contribution in [1.82, 2.24) is 9.97 Å². The number of nitrogens with zero attached hydrogens (tertiary/aromatic N) is 3. The van der Waals surface area contributed by atoms with E-state index in [0.29, 0.717) is 52.9 Å². The standard InChI is InChI=1S/C22H16ClFN4O2/c23-15-11-14(4-5-16(15)24)27-22-20-17(25-12-26-22)6-7-18-21(20)30-10-9-28(18)19(29)8-3-13-1-2-13/h4-7,11-13H,1-2,9-10H2,(H,25,26,27). The summed E-state index contributed by atoms with van der Waals surface area (Å²) in [6.07, 6.45) is 3.55. The first kappa shape index (κ1) is 18.6. The molecule has 1 aromatic heterocycles. The quantitative estimate of drug-likeness (QED) is 0.623. The second-order valence-electron chi connectivity index (χ2n) is 7.13. The Bertz CT molecular complexity index is 1230. The lowest BCUT2D eigenvalue weighted by Gasteiger charge is -2.29. The van der Waals surface area contributed by atoms with E-state index in [1.807, 2.05) is 6.07 Å². The molecule has 1 amide bonds. The van der Waals surface area contributed by atoms with E-state index < -0.39 is 5.82 Å². The average molecular weight is 423 g/mol. The van der Waals surface area contributed by atoms with E-state index in [1.165, 1.54) is 18.5 Å². The lowest BCUT2D eigenvalue weighted by Crippen LogP contribution is -2.37. The van der Waals surface area contributed by atoms with Gasteiger partial charge in [0.2, 0.25) is 0 Å². The van der Waals surface area contributed by atoms with Crippen LogP contribution in [0, 0.1) is 23.6 Å². The highest BCUT2D eigenvalue weighted by atomic mass is 35.5. The van der Waals surface area contributed by atoms with Gasteiger partial charge in [-0.2, -0.15) is 0 Å². The molecule has 0 saturated heterocycles. The molecule has 6 nitrogen and oxygen atoms in total. The van der Waals surface area contributed by atoms with Gasteiger partial charge in [0.25, 0.3) is 0 Å². The summed E-state index contributed by atoms with van der Waals surface area (Å²) in [4.78, 5) is 22.9. The minimum Gasteiger partial charge on any atom is -0.489 e. The average Bonchev–Trinajstić information content (AvgIpc) is 3.58. The maximum atomic E-state index is 13.5. The molecule has 2 aromatic carbocycles. The van der Waals surface area contributed by atoms with Crippen molar-refractivity contribution < 1.29 is 13.9 Å². The summed E-state index contributed by atoms with van der Waals surface area (Å²) in [7, 11) is 0. The fourth-order valence-corrected chi connectivity index (χ4v) is 3.48. The van der Waals surface area contributed by atoms with Crippen LogP contribution in [-0.4, -0.2) is 29.0 Å². The van der Waals surface area contributed by atoms with Crippen molar-refractivity contribution >= 4 is 45.6 Å². The topological polar surface area (TPSA) is 67.4 Å². The first-order valence-corrected chi connectivity index (χ1v) is 9.93. The monoisotopic (exact) mass is 422 g/mol. The Balaban J connectivity index is 1.57. The van der Waals surface area contributed by atoms with Crippen LogP contribution in [0.25, 0.3) is 10.9 Å². The highest BCUT2D eigenvalue weighted by Crippen LogP contribution is 2.41. The van der Waals surface area contributed by atoms with Crippen LogP contribution in [0.5, 0.6) is 5.75 Å². The van der Waals surface area contributed by atoms with Crippen molar-refractivity contribution in [2.24, 2.45) is 5.92 Å². The van der Waals surface area contributed by atoms with Gasteiger partial charge in [0.15, 0.2) is 5.75 Å². The van der Waals surface area contributed by atoms with Crippen LogP contribution < -0.4 is 15.0 Å². The summed E-state index contributed by atoms with van der Waals surface area (Å²) < 4.78 is 19.4. The normalized spacial score (nSPS) is 15.1. The molecule has 2 aliphatic rings. The third-order valence-electron chi connectivity index (χ3n) is 4.98. The van der Waals surface area contributed by atoms with Crippen LogP contribution in [0.2, 0.25) is 5.02 Å². The minimum absolute atomic E-state index is 0.00245. The number of carbonyl (C=O) groups is 1. The maximum absolute atomic E-state index is 13.5. The number of halogens is 2. The van der Waals surface area contributed by atoms with E-state index in [1.54, 1.807) is 17.0 Å². The van der Waals surface area contributed by atoms with Gasteiger partial charge in [0.05, 0.1) is 28.2 Å². The van der Waals surface area contributed by atoms with Gasteiger partial charge in [-0.15, -0.1) is 0 Å². The lowest BCUT2D eigenvalue weighted by atomic mass is 10.1. The zero-order valence-electron chi connectivity index (χ0n) is 15.8. The van der Waals surface area contributed by atoms with Crippen LogP contribution in [0.15, 0.2) is 36.7 Å². The highest BCUT2D eigenvalue weighted by molar-refractivity contribution is 6.31. The van der Waals surface area contributed by atoms with Gasteiger partial charge in [0.1, 0.15) is 24.6 Å². The summed E-state index contributed by atoms with van der Waals surface area (Å²) in [6.45, 7) is 0.750. The molecule has 0 radical (unpaired) electrons. The van der Waals surface area contributed by atoms with E-state index in [4.69, 9.17) is 16.3 Å². The molecule has 3 aromatic rings. The molecule has 1 N–H and O–H groups in total.